The Morgan fingerprint density at radius 2 is 2.14 bits per heavy atom. The Bertz CT molecular complexity index is 449. The zero-order chi connectivity index (χ0) is 15.2. The van der Waals surface area contributed by atoms with E-state index >= 15 is 0 Å². The smallest absolute Gasteiger partial charge is 0.224 e. The quantitative estimate of drug-likeness (QED) is 0.900. The van der Waals surface area contributed by atoms with Crippen LogP contribution in [0.3, 0.4) is 0 Å². The van der Waals surface area contributed by atoms with E-state index < -0.39 is 0 Å². The molecule has 21 heavy (non-hydrogen) atoms. The van der Waals surface area contributed by atoms with E-state index in [4.69, 9.17) is 5.73 Å². The van der Waals surface area contributed by atoms with Crippen LogP contribution in [-0.2, 0) is 4.79 Å². The van der Waals surface area contributed by atoms with Crippen molar-refractivity contribution in [2.45, 2.75) is 25.3 Å². The summed E-state index contributed by atoms with van der Waals surface area (Å²) in [4.78, 5) is 16.5. The van der Waals surface area contributed by atoms with Gasteiger partial charge in [0, 0.05) is 32.6 Å². The second-order valence-electron chi connectivity index (χ2n) is 6.27. The molecule has 1 aliphatic heterocycles. The first-order valence-electron chi connectivity index (χ1n) is 7.79. The summed E-state index contributed by atoms with van der Waals surface area (Å²) in [5.74, 6) is 0.727. The Kier molecular flexibility index (Phi) is 5.76. The minimum atomic E-state index is -0.213. The first kappa shape index (κ1) is 16.0. The molecule has 1 amide bonds. The Labute approximate surface area is 127 Å². The van der Waals surface area contributed by atoms with Gasteiger partial charge in [-0.3, -0.25) is 4.79 Å². The van der Waals surface area contributed by atoms with Crippen LogP contribution in [0.5, 0.6) is 0 Å². The molecule has 1 saturated heterocycles. The first-order chi connectivity index (χ1) is 10.1. The second-order valence-corrected chi connectivity index (χ2v) is 6.27. The van der Waals surface area contributed by atoms with Gasteiger partial charge < -0.3 is 15.5 Å². The van der Waals surface area contributed by atoms with Gasteiger partial charge in [0.2, 0.25) is 5.91 Å². The Morgan fingerprint density at radius 3 is 2.81 bits per heavy atom. The number of nitrogens with zero attached hydrogens (tertiary/aromatic N) is 2. The van der Waals surface area contributed by atoms with Crippen LogP contribution in [0.25, 0.3) is 0 Å². The summed E-state index contributed by atoms with van der Waals surface area (Å²) in [6.45, 7) is 3.10. The molecule has 0 bridgehead atoms. The number of rotatable bonds is 5. The molecule has 1 aromatic carbocycles. The van der Waals surface area contributed by atoms with Gasteiger partial charge in [-0.05, 0) is 37.9 Å². The molecule has 2 N–H and O–H groups in total. The Morgan fingerprint density at radius 1 is 1.43 bits per heavy atom. The summed E-state index contributed by atoms with van der Waals surface area (Å²) in [6.07, 6.45) is 2.82. The third-order valence-electron chi connectivity index (χ3n) is 4.30. The normalized spacial score (nSPS) is 21.0. The van der Waals surface area contributed by atoms with Gasteiger partial charge in [0.25, 0.3) is 0 Å². The standard InChI is InChI=1S/C17H27N3O/c1-19-10-6-7-14(12-19)13-20(2)17(21)11-16(18)15-8-4-3-5-9-15/h3-5,8-9,14,16H,6-7,10-13,18H2,1-2H3. The maximum Gasteiger partial charge on any atom is 0.224 e. The Hall–Kier alpha value is -1.39. The topological polar surface area (TPSA) is 49.6 Å². The number of hydrogen-bond acceptors (Lipinski definition) is 3. The lowest BCUT2D eigenvalue weighted by Crippen LogP contribution is -2.40. The van der Waals surface area contributed by atoms with Gasteiger partial charge in [-0.25, -0.2) is 0 Å². The number of carbonyl (C=O) groups is 1. The lowest BCUT2D eigenvalue weighted by molar-refractivity contribution is -0.131. The van der Waals surface area contributed by atoms with E-state index in [2.05, 4.69) is 11.9 Å². The van der Waals surface area contributed by atoms with E-state index in [1.807, 2.05) is 42.3 Å². The summed E-state index contributed by atoms with van der Waals surface area (Å²) in [6, 6.07) is 9.63. The van der Waals surface area contributed by atoms with Crippen molar-refractivity contribution in [1.29, 1.82) is 0 Å². The highest BCUT2D eigenvalue weighted by Crippen LogP contribution is 2.18. The molecule has 1 aromatic rings. The maximum atomic E-state index is 12.3. The van der Waals surface area contributed by atoms with Gasteiger partial charge in [-0.1, -0.05) is 30.3 Å². The molecule has 0 aliphatic carbocycles. The van der Waals surface area contributed by atoms with E-state index in [-0.39, 0.29) is 11.9 Å². The largest absolute Gasteiger partial charge is 0.345 e. The summed E-state index contributed by atoms with van der Waals surface area (Å²) >= 11 is 0. The van der Waals surface area contributed by atoms with Gasteiger partial charge in [0.15, 0.2) is 0 Å². The van der Waals surface area contributed by atoms with Crippen LogP contribution in [0.1, 0.15) is 30.9 Å². The van der Waals surface area contributed by atoms with Crippen LogP contribution in [0, 0.1) is 5.92 Å². The number of benzene rings is 1. The van der Waals surface area contributed by atoms with Crippen molar-refractivity contribution in [3.63, 3.8) is 0 Å². The second kappa shape index (κ2) is 7.57. The SMILES string of the molecule is CN1CCCC(CN(C)C(=O)CC(N)c2ccccc2)C1. The number of amides is 1. The molecule has 2 unspecified atom stereocenters. The van der Waals surface area contributed by atoms with Gasteiger partial charge in [0.1, 0.15) is 0 Å². The summed E-state index contributed by atoms with van der Waals surface area (Å²) in [5, 5.41) is 0. The highest BCUT2D eigenvalue weighted by Gasteiger charge is 2.22. The monoisotopic (exact) mass is 289 g/mol. The van der Waals surface area contributed by atoms with Crippen molar-refractivity contribution in [3.8, 4) is 0 Å². The molecule has 0 saturated carbocycles. The lowest BCUT2D eigenvalue weighted by atomic mass is 9.97. The van der Waals surface area contributed by atoms with Crippen LogP contribution in [0.2, 0.25) is 0 Å². The van der Waals surface area contributed by atoms with Crippen LogP contribution in [0.4, 0.5) is 0 Å². The number of nitrogens with two attached hydrogens (primary N) is 1. The molecule has 1 heterocycles. The lowest BCUT2D eigenvalue weighted by Gasteiger charge is -2.32. The van der Waals surface area contributed by atoms with Crippen LogP contribution < -0.4 is 5.73 Å². The minimum Gasteiger partial charge on any atom is -0.345 e. The molecule has 0 radical (unpaired) electrons. The molecule has 116 valence electrons. The molecule has 2 atom stereocenters. The van der Waals surface area contributed by atoms with Gasteiger partial charge >= 0.3 is 0 Å². The fourth-order valence-electron chi connectivity index (χ4n) is 3.07. The van der Waals surface area contributed by atoms with Crippen LogP contribution in [-0.4, -0.2) is 49.4 Å². The molecule has 0 spiro atoms. The number of likely N-dealkylation sites (tertiary alicyclic amines) is 1. The predicted molar refractivity (Wildman–Crippen MR) is 85.8 cm³/mol. The Balaban J connectivity index is 1.82. The van der Waals surface area contributed by atoms with Crippen molar-refractivity contribution in [2.24, 2.45) is 11.7 Å². The molecule has 1 fully saturated rings. The predicted octanol–water partition coefficient (Wildman–Crippen LogP) is 1.88. The fourth-order valence-corrected chi connectivity index (χ4v) is 3.07. The van der Waals surface area contributed by atoms with E-state index in [0.29, 0.717) is 12.3 Å². The van der Waals surface area contributed by atoms with Crippen molar-refractivity contribution in [3.05, 3.63) is 35.9 Å². The van der Waals surface area contributed by atoms with E-state index in [0.717, 1.165) is 18.7 Å². The van der Waals surface area contributed by atoms with Gasteiger partial charge in [0.05, 0.1) is 0 Å². The molecular weight excluding hydrogens is 262 g/mol. The van der Waals surface area contributed by atoms with Crippen LogP contribution in [0.15, 0.2) is 30.3 Å². The zero-order valence-electron chi connectivity index (χ0n) is 13.2. The molecule has 1 aliphatic rings. The average molecular weight is 289 g/mol. The average Bonchev–Trinajstić information content (AvgIpc) is 2.48. The third kappa shape index (κ3) is 4.83. The van der Waals surface area contributed by atoms with Gasteiger partial charge in [-0.2, -0.15) is 0 Å². The summed E-state index contributed by atoms with van der Waals surface area (Å²) in [7, 11) is 4.05. The van der Waals surface area contributed by atoms with Crippen molar-refractivity contribution in [2.75, 3.05) is 33.7 Å². The van der Waals surface area contributed by atoms with E-state index in [9.17, 15) is 4.79 Å². The molecule has 4 heteroatoms. The number of hydrogen-bond donors (Lipinski definition) is 1. The maximum absolute atomic E-state index is 12.3. The van der Waals surface area contributed by atoms with Crippen molar-refractivity contribution in [1.82, 2.24) is 9.80 Å². The third-order valence-corrected chi connectivity index (χ3v) is 4.30. The molecule has 4 nitrogen and oxygen atoms in total. The highest BCUT2D eigenvalue weighted by atomic mass is 16.2. The number of piperidine rings is 1. The zero-order valence-corrected chi connectivity index (χ0v) is 13.2. The molecule has 0 aromatic heterocycles. The van der Waals surface area contributed by atoms with Crippen LogP contribution >= 0.6 is 0 Å². The molecule has 2 rings (SSSR count). The summed E-state index contributed by atoms with van der Waals surface area (Å²) in [5.41, 5.74) is 7.16. The minimum absolute atomic E-state index is 0.138. The van der Waals surface area contributed by atoms with Gasteiger partial charge in [-0.15, -0.1) is 0 Å². The van der Waals surface area contributed by atoms with Crippen molar-refractivity contribution >= 4 is 5.91 Å². The first-order valence-corrected chi connectivity index (χ1v) is 7.79. The fraction of sp³-hybridized carbons (Fsp3) is 0.588. The highest BCUT2D eigenvalue weighted by molar-refractivity contribution is 5.76. The van der Waals surface area contributed by atoms with E-state index in [1.54, 1.807) is 0 Å². The van der Waals surface area contributed by atoms with Crippen molar-refractivity contribution < 1.29 is 4.79 Å². The summed E-state index contributed by atoms with van der Waals surface area (Å²) < 4.78 is 0. The number of carbonyl (C=O) groups excluding carboxylic acids is 1. The van der Waals surface area contributed by atoms with E-state index in [1.165, 1.54) is 19.4 Å². The molecular formula is C17H27N3O.